The number of sulfonamides is 1. The van der Waals surface area contributed by atoms with E-state index in [1.165, 1.54) is 24.3 Å². The number of hydrogen-bond donors (Lipinski definition) is 1. The summed E-state index contributed by atoms with van der Waals surface area (Å²) in [6.07, 6.45) is 0. The average Bonchev–Trinajstić information content (AvgIpc) is 3.20. The SMILES string of the molecule is O=C(OCc1nc2ccccc2o1)c1cccc(S(=O)(=O)NCc2ccccc2)c1. The fourth-order valence-electron chi connectivity index (χ4n) is 2.84. The highest BCUT2D eigenvalue weighted by Gasteiger charge is 2.17. The molecule has 1 N–H and O–H groups in total. The summed E-state index contributed by atoms with van der Waals surface area (Å²) in [6, 6.07) is 22.1. The minimum Gasteiger partial charge on any atom is -0.452 e. The number of aromatic nitrogens is 1. The lowest BCUT2D eigenvalue weighted by atomic mass is 10.2. The molecule has 1 heterocycles. The fraction of sp³-hybridized carbons (Fsp3) is 0.0909. The number of hydrogen-bond acceptors (Lipinski definition) is 6. The monoisotopic (exact) mass is 422 g/mol. The predicted molar refractivity (Wildman–Crippen MR) is 110 cm³/mol. The van der Waals surface area contributed by atoms with Crippen LogP contribution in [0.3, 0.4) is 0 Å². The Kier molecular flexibility index (Phi) is 5.60. The maximum Gasteiger partial charge on any atom is 0.338 e. The Balaban J connectivity index is 1.43. The number of nitrogens with zero attached hydrogens (tertiary/aromatic N) is 1. The number of benzene rings is 3. The molecule has 0 saturated carbocycles. The van der Waals surface area contributed by atoms with Gasteiger partial charge >= 0.3 is 5.97 Å². The summed E-state index contributed by atoms with van der Waals surface area (Å²) in [7, 11) is -3.79. The Morgan fingerprint density at radius 2 is 1.73 bits per heavy atom. The highest BCUT2D eigenvalue weighted by molar-refractivity contribution is 7.89. The van der Waals surface area contributed by atoms with E-state index in [9.17, 15) is 13.2 Å². The molecule has 0 bridgehead atoms. The molecule has 0 unspecified atom stereocenters. The van der Waals surface area contributed by atoms with Crippen LogP contribution in [-0.4, -0.2) is 19.4 Å². The zero-order valence-corrected chi connectivity index (χ0v) is 16.6. The highest BCUT2D eigenvalue weighted by Crippen LogP contribution is 2.17. The van der Waals surface area contributed by atoms with E-state index >= 15 is 0 Å². The van der Waals surface area contributed by atoms with E-state index in [-0.39, 0.29) is 29.5 Å². The van der Waals surface area contributed by atoms with Gasteiger partial charge in [-0.25, -0.2) is 22.9 Å². The summed E-state index contributed by atoms with van der Waals surface area (Å²) in [5.41, 5.74) is 2.21. The van der Waals surface area contributed by atoms with Crippen molar-refractivity contribution < 1.29 is 22.4 Å². The maximum absolute atomic E-state index is 12.6. The molecule has 0 amide bonds. The number of nitrogens with one attached hydrogen (secondary N) is 1. The van der Waals surface area contributed by atoms with E-state index in [4.69, 9.17) is 9.15 Å². The molecule has 7 nitrogen and oxygen atoms in total. The van der Waals surface area contributed by atoms with E-state index < -0.39 is 16.0 Å². The first kappa shape index (κ1) is 19.8. The van der Waals surface area contributed by atoms with E-state index in [2.05, 4.69) is 9.71 Å². The van der Waals surface area contributed by atoms with Crippen molar-refractivity contribution >= 4 is 27.1 Å². The van der Waals surface area contributed by atoms with Gasteiger partial charge in [0.2, 0.25) is 15.9 Å². The van der Waals surface area contributed by atoms with Gasteiger partial charge in [-0.05, 0) is 35.9 Å². The summed E-state index contributed by atoms with van der Waals surface area (Å²) in [4.78, 5) is 16.6. The van der Waals surface area contributed by atoms with Crippen LogP contribution >= 0.6 is 0 Å². The van der Waals surface area contributed by atoms with Gasteiger partial charge in [0.25, 0.3) is 0 Å². The van der Waals surface area contributed by atoms with Gasteiger partial charge in [-0.2, -0.15) is 0 Å². The van der Waals surface area contributed by atoms with Crippen molar-refractivity contribution in [1.29, 1.82) is 0 Å². The molecule has 0 atom stereocenters. The van der Waals surface area contributed by atoms with Crippen molar-refractivity contribution in [3.05, 3.63) is 95.9 Å². The van der Waals surface area contributed by atoms with Crippen LogP contribution in [0, 0.1) is 0 Å². The Hall–Kier alpha value is -3.49. The van der Waals surface area contributed by atoms with Crippen LogP contribution in [0.1, 0.15) is 21.8 Å². The normalized spacial score (nSPS) is 11.5. The maximum atomic E-state index is 12.6. The molecule has 152 valence electrons. The Bertz CT molecular complexity index is 1250. The van der Waals surface area contributed by atoms with Gasteiger partial charge < -0.3 is 9.15 Å². The molecular formula is C22H18N2O5S. The van der Waals surface area contributed by atoms with Crippen LogP contribution in [0.15, 0.2) is 88.2 Å². The molecule has 0 aliphatic rings. The molecule has 3 aromatic carbocycles. The lowest BCUT2D eigenvalue weighted by Gasteiger charge is -2.08. The largest absolute Gasteiger partial charge is 0.452 e. The summed E-state index contributed by atoms with van der Waals surface area (Å²) < 4.78 is 38.4. The third-order valence-electron chi connectivity index (χ3n) is 4.35. The third-order valence-corrected chi connectivity index (χ3v) is 5.75. The molecule has 0 saturated heterocycles. The van der Waals surface area contributed by atoms with Gasteiger partial charge in [-0.3, -0.25) is 0 Å². The zero-order valence-electron chi connectivity index (χ0n) is 15.8. The summed E-state index contributed by atoms with van der Waals surface area (Å²) in [6.45, 7) is -0.00762. The summed E-state index contributed by atoms with van der Waals surface area (Å²) in [5.74, 6) is -0.407. The standard InChI is InChI=1S/C22H18N2O5S/c25-22(28-15-21-24-19-11-4-5-12-20(19)29-21)17-9-6-10-18(13-17)30(26,27)23-14-16-7-2-1-3-8-16/h1-13,23H,14-15H2. The van der Waals surface area contributed by atoms with E-state index in [0.29, 0.717) is 11.1 Å². The second-order valence-electron chi connectivity index (χ2n) is 6.49. The topological polar surface area (TPSA) is 98.5 Å². The number of carbonyl (C=O) groups is 1. The average molecular weight is 422 g/mol. The van der Waals surface area contributed by atoms with Crippen LogP contribution in [0.4, 0.5) is 0 Å². The van der Waals surface area contributed by atoms with Gasteiger partial charge in [0, 0.05) is 6.54 Å². The molecule has 1 aromatic heterocycles. The molecule has 0 fully saturated rings. The predicted octanol–water partition coefficient (Wildman–Crippen LogP) is 3.66. The smallest absolute Gasteiger partial charge is 0.338 e. The van der Waals surface area contributed by atoms with E-state index in [1.54, 1.807) is 12.1 Å². The van der Waals surface area contributed by atoms with Crippen molar-refractivity contribution in [1.82, 2.24) is 9.71 Å². The number of rotatable bonds is 7. The number of ether oxygens (including phenoxy) is 1. The molecule has 8 heteroatoms. The van der Waals surface area contributed by atoms with Crippen LogP contribution in [-0.2, 0) is 27.9 Å². The molecular weight excluding hydrogens is 404 g/mol. The lowest BCUT2D eigenvalue weighted by Crippen LogP contribution is -2.23. The molecule has 0 aliphatic carbocycles. The first-order valence-corrected chi connectivity index (χ1v) is 10.6. The highest BCUT2D eigenvalue weighted by atomic mass is 32.2. The summed E-state index contributed by atoms with van der Waals surface area (Å²) in [5, 5.41) is 0. The minimum atomic E-state index is -3.79. The Labute approximate surface area is 173 Å². The second-order valence-corrected chi connectivity index (χ2v) is 8.26. The summed E-state index contributed by atoms with van der Waals surface area (Å²) >= 11 is 0. The fourth-order valence-corrected chi connectivity index (χ4v) is 3.90. The van der Waals surface area contributed by atoms with Gasteiger partial charge in [-0.1, -0.05) is 48.5 Å². The molecule has 0 aliphatic heterocycles. The number of esters is 1. The van der Waals surface area contributed by atoms with Crippen LogP contribution < -0.4 is 4.72 Å². The van der Waals surface area contributed by atoms with Crippen molar-refractivity contribution in [2.45, 2.75) is 18.0 Å². The zero-order chi connectivity index (χ0) is 21.0. The van der Waals surface area contributed by atoms with Crippen molar-refractivity contribution in [3.63, 3.8) is 0 Å². The van der Waals surface area contributed by atoms with Crippen molar-refractivity contribution in [2.24, 2.45) is 0 Å². The number of oxazole rings is 1. The Morgan fingerprint density at radius 3 is 2.53 bits per heavy atom. The molecule has 4 rings (SSSR count). The Morgan fingerprint density at radius 1 is 0.967 bits per heavy atom. The van der Waals surface area contributed by atoms with Gasteiger partial charge in [0.05, 0.1) is 10.5 Å². The van der Waals surface area contributed by atoms with E-state index in [1.807, 2.05) is 42.5 Å². The molecule has 0 radical (unpaired) electrons. The minimum absolute atomic E-state index is 0.0188. The van der Waals surface area contributed by atoms with E-state index in [0.717, 1.165) is 5.56 Å². The third kappa shape index (κ3) is 4.56. The first-order chi connectivity index (χ1) is 14.5. The van der Waals surface area contributed by atoms with Crippen molar-refractivity contribution in [3.8, 4) is 0 Å². The second kappa shape index (κ2) is 8.48. The molecule has 30 heavy (non-hydrogen) atoms. The van der Waals surface area contributed by atoms with Crippen LogP contribution in [0.5, 0.6) is 0 Å². The van der Waals surface area contributed by atoms with Crippen LogP contribution in [0.25, 0.3) is 11.1 Å². The van der Waals surface area contributed by atoms with Crippen LogP contribution in [0.2, 0.25) is 0 Å². The van der Waals surface area contributed by atoms with Gasteiger partial charge in [0.15, 0.2) is 12.2 Å². The van der Waals surface area contributed by atoms with Crippen molar-refractivity contribution in [2.75, 3.05) is 0 Å². The quantitative estimate of drug-likeness (QED) is 0.457. The number of para-hydroxylation sites is 2. The first-order valence-electron chi connectivity index (χ1n) is 9.16. The molecule has 0 spiro atoms. The van der Waals surface area contributed by atoms with Gasteiger partial charge in [-0.15, -0.1) is 0 Å². The number of fused-ring (bicyclic) bond motifs is 1. The molecule has 4 aromatic rings. The number of carbonyl (C=O) groups excluding carboxylic acids is 1. The van der Waals surface area contributed by atoms with Gasteiger partial charge in [0.1, 0.15) is 5.52 Å². The lowest BCUT2D eigenvalue weighted by molar-refractivity contribution is 0.0440.